The van der Waals surface area contributed by atoms with Crippen LogP contribution in [0.25, 0.3) is 0 Å². The van der Waals surface area contributed by atoms with Crippen LogP contribution in [0, 0.1) is 0 Å². The summed E-state index contributed by atoms with van der Waals surface area (Å²) >= 11 is 2.01. The molecule has 1 aliphatic heterocycles. The maximum absolute atomic E-state index is 2.30. The summed E-state index contributed by atoms with van der Waals surface area (Å²) in [4.78, 5) is 0. The minimum absolute atomic E-state index is 0.792. The van der Waals surface area contributed by atoms with E-state index in [-0.39, 0.29) is 0 Å². The smallest absolute Gasteiger partial charge is 0.0480 e. The Hall–Kier alpha value is -0.170. The summed E-state index contributed by atoms with van der Waals surface area (Å²) in [6.07, 6.45) is 6.75. The molecule has 0 spiro atoms. The monoisotopic (exact) mass is 110 g/mol. The van der Waals surface area contributed by atoms with E-state index in [1.807, 2.05) is 11.8 Å². The zero-order valence-corrected chi connectivity index (χ0v) is 4.74. The van der Waals surface area contributed by atoms with Gasteiger partial charge in [0.1, 0.15) is 0 Å². The van der Waals surface area contributed by atoms with Gasteiger partial charge in [0.05, 0.1) is 0 Å². The second-order valence-corrected chi connectivity index (χ2v) is 2.99. The van der Waals surface area contributed by atoms with Crippen LogP contribution < -0.4 is 0 Å². The van der Waals surface area contributed by atoms with Crippen molar-refractivity contribution in [3.8, 4) is 0 Å². The van der Waals surface area contributed by atoms with Crippen molar-refractivity contribution in [1.29, 1.82) is 0 Å². The molecular weight excluding hydrogens is 104 g/mol. The van der Waals surface area contributed by atoms with Gasteiger partial charge in [0, 0.05) is 11.0 Å². The van der Waals surface area contributed by atoms with Gasteiger partial charge in [-0.15, -0.1) is 11.8 Å². The quantitative estimate of drug-likeness (QED) is 0.456. The number of thioether (sulfide) groups is 1. The molecule has 1 heteroatoms. The SMILES string of the molecule is C1=C[C@H]2SCC=C12. The standard InChI is InChI=1S/C6H6S/c1-2-6-5(1)3-4-7-6/h1-3,6H,4H2/t6-/m1/s1. The fourth-order valence-electron chi connectivity index (χ4n) is 0.870. The van der Waals surface area contributed by atoms with Crippen LogP contribution in [0.4, 0.5) is 0 Å². The van der Waals surface area contributed by atoms with Crippen LogP contribution in [0.15, 0.2) is 23.8 Å². The Labute approximate surface area is 47.3 Å². The van der Waals surface area contributed by atoms with Crippen molar-refractivity contribution in [2.24, 2.45) is 0 Å². The lowest BCUT2D eigenvalue weighted by Crippen LogP contribution is -2.03. The Morgan fingerprint density at radius 2 is 2.71 bits per heavy atom. The second-order valence-electron chi connectivity index (χ2n) is 1.82. The average Bonchev–Trinajstić information content (AvgIpc) is 1.85. The van der Waals surface area contributed by atoms with Gasteiger partial charge in [0.25, 0.3) is 0 Å². The Kier molecular flexibility index (Phi) is 0.627. The van der Waals surface area contributed by atoms with Gasteiger partial charge in [0.15, 0.2) is 0 Å². The topological polar surface area (TPSA) is 0 Å². The fourth-order valence-corrected chi connectivity index (χ4v) is 1.92. The molecule has 2 rings (SSSR count). The average molecular weight is 110 g/mol. The molecule has 0 aromatic rings. The number of hydrogen-bond acceptors (Lipinski definition) is 1. The lowest BCUT2D eigenvalue weighted by Gasteiger charge is -2.13. The Morgan fingerprint density at radius 3 is 3.00 bits per heavy atom. The first-order chi connectivity index (χ1) is 3.47. The molecule has 0 aromatic heterocycles. The summed E-state index contributed by atoms with van der Waals surface area (Å²) in [6, 6.07) is 0. The van der Waals surface area contributed by atoms with Crippen molar-refractivity contribution in [3.63, 3.8) is 0 Å². The predicted molar refractivity (Wildman–Crippen MR) is 33.5 cm³/mol. The highest BCUT2D eigenvalue weighted by Gasteiger charge is 2.20. The summed E-state index contributed by atoms with van der Waals surface area (Å²) in [7, 11) is 0. The van der Waals surface area contributed by atoms with E-state index in [2.05, 4.69) is 18.2 Å². The molecule has 1 atom stereocenters. The first kappa shape index (κ1) is 3.79. The van der Waals surface area contributed by atoms with Crippen LogP contribution >= 0.6 is 11.8 Å². The minimum atomic E-state index is 0.792. The number of allylic oxidation sites excluding steroid dienone is 1. The Balaban J connectivity index is 2.38. The third-order valence-corrected chi connectivity index (χ3v) is 2.53. The van der Waals surface area contributed by atoms with E-state index in [9.17, 15) is 0 Å². The van der Waals surface area contributed by atoms with Gasteiger partial charge in [-0.3, -0.25) is 0 Å². The largest absolute Gasteiger partial charge is 0.145 e. The van der Waals surface area contributed by atoms with Gasteiger partial charge in [-0.25, -0.2) is 0 Å². The van der Waals surface area contributed by atoms with E-state index in [0.717, 1.165) is 5.25 Å². The van der Waals surface area contributed by atoms with E-state index in [4.69, 9.17) is 0 Å². The summed E-state index contributed by atoms with van der Waals surface area (Å²) < 4.78 is 0. The fraction of sp³-hybridized carbons (Fsp3) is 0.333. The highest BCUT2D eigenvalue weighted by Crippen LogP contribution is 2.35. The molecule has 0 saturated carbocycles. The zero-order chi connectivity index (χ0) is 4.69. The van der Waals surface area contributed by atoms with E-state index < -0.39 is 0 Å². The molecule has 7 heavy (non-hydrogen) atoms. The van der Waals surface area contributed by atoms with Crippen LogP contribution in [0.5, 0.6) is 0 Å². The molecular formula is C6H6S. The molecule has 0 N–H and O–H groups in total. The van der Waals surface area contributed by atoms with Crippen LogP contribution in [0.3, 0.4) is 0 Å². The molecule has 2 aliphatic rings. The molecule has 0 aromatic carbocycles. The van der Waals surface area contributed by atoms with E-state index >= 15 is 0 Å². The van der Waals surface area contributed by atoms with E-state index in [1.54, 1.807) is 5.57 Å². The van der Waals surface area contributed by atoms with Crippen molar-refractivity contribution in [3.05, 3.63) is 23.8 Å². The van der Waals surface area contributed by atoms with E-state index in [1.165, 1.54) is 5.75 Å². The van der Waals surface area contributed by atoms with Crippen LogP contribution in [0.2, 0.25) is 0 Å². The molecule has 0 unspecified atom stereocenters. The highest BCUT2D eigenvalue weighted by atomic mass is 32.2. The van der Waals surface area contributed by atoms with Crippen molar-refractivity contribution in [2.75, 3.05) is 5.75 Å². The highest BCUT2D eigenvalue weighted by molar-refractivity contribution is 8.00. The maximum Gasteiger partial charge on any atom is 0.0480 e. The molecule has 36 valence electrons. The van der Waals surface area contributed by atoms with Crippen molar-refractivity contribution < 1.29 is 0 Å². The molecule has 0 saturated heterocycles. The lowest BCUT2D eigenvalue weighted by molar-refractivity contribution is 1.24. The molecule has 0 radical (unpaired) electrons. The third-order valence-electron chi connectivity index (χ3n) is 1.39. The second kappa shape index (κ2) is 1.16. The molecule has 0 amide bonds. The predicted octanol–water partition coefficient (Wildman–Crippen LogP) is 1.60. The van der Waals surface area contributed by atoms with Crippen LogP contribution in [-0.2, 0) is 0 Å². The minimum Gasteiger partial charge on any atom is -0.145 e. The molecule has 0 bridgehead atoms. The molecule has 1 heterocycles. The summed E-state index contributed by atoms with van der Waals surface area (Å²) in [5.41, 5.74) is 1.55. The summed E-state index contributed by atoms with van der Waals surface area (Å²) in [5, 5.41) is 0.792. The van der Waals surface area contributed by atoms with Crippen LogP contribution in [-0.4, -0.2) is 11.0 Å². The van der Waals surface area contributed by atoms with Gasteiger partial charge in [-0.1, -0.05) is 18.2 Å². The molecule has 0 nitrogen and oxygen atoms in total. The number of hydrogen-bond donors (Lipinski definition) is 0. The van der Waals surface area contributed by atoms with Gasteiger partial charge in [-0.2, -0.15) is 0 Å². The van der Waals surface area contributed by atoms with Crippen molar-refractivity contribution >= 4 is 11.8 Å². The first-order valence-electron chi connectivity index (χ1n) is 2.47. The van der Waals surface area contributed by atoms with E-state index in [0.29, 0.717) is 0 Å². The van der Waals surface area contributed by atoms with Crippen molar-refractivity contribution in [2.45, 2.75) is 5.25 Å². The third kappa shape index (κ3) is 0.389. The summed E-state index contributed by atoms with van der Waals surface area (Å²) in [6.45, 7) is 0. The van der Waals surface area contributed by atoms with Crippen LogP contribution in [0.1, 0.15) is 0 Å². The molecule has 0 fully saturated rings. The van der Waals surface area contributed by atoms with Gasteiger partial charge >= 0.3 is 0 Å². The lowest BCUT2D eigenvalue weighted by atomic mass is 10.0. The number of rotatable bonds is 0. The summed E-state index contributed by atoms with van der Waals surface area (Å²) in [5.74, 6) is 1.23. The Morgan fingerprint density at radius 1 is 1.71 bits per heavy atom. The Bertz CT molecular complexity index is 144. The number of fused-ring (bicyclic) bond motifs is 1. The normalized spacial score (nSPS) is 34.3. The van der Waals surface area contributed by atoms with Gasteiger partial charge < -0.3 is 0 Å². The molecule has 1 aliphatic carbocycles. The maximum atomic E-state index is 2.30. The first-order valence-corrected chi connectivity index (χ1v) is 3.51. The zero-order valence-electron chi connectivity index (χ0n) is 3.92. The van der Waals surface area contributed by atoms with Crippen molar-refractivity contribution in [1.82, 2.24) is 0 Å². The van der Waals surface area contributed by atoms with Gasteiger partial charge in [-0.05, 0) is 5.57 Å². The van der Waals surface area contributed by atoms with Gasteiger partial charge in [0.2, 0.25) is 0 Å².